The predicted molar refractivity (Wildman–Crippen MR) is 86.7 cm³/mol. The summed E-state index contributed by atoms with van der Waals surface area (Å²) in [6, 6.07) is 4.99. The molecule has 0 bridgehead atoms. The number of carbonyl (C=O) groups is 2. The number of hydrogen-bond donors (Lipinski definition) is 1. The highest BCUT2D eigenvalue weighted by molar-refractivity contribution is 6.50. The van der Waals surface area contributed by atoms with E-state index in [1.54, 1.807) is 18.2 Å². The molecule has 0 saturated heterocycles. The quantitative estimate of drug-likeness (QED) is 0.910. The maximum atomic E-state index is 12.6. The van der Waals surface area contributed by atoms with Crippen LogP contribution in [0, 0.1) is 0 Å². The van der Waals surface area contributed by atoms with Gasteiger partial charge in [0.15, 0.2) is 0 Å². The number of rotatable bonds is 4. The molecule has 3 rings (SSSR count). The monoisotopic (exact) mass is 345 g/mol. The van der Waals surface area contributed by atoms with E-state index in [1.165, 1.54) is 26.6 Å². The molecular weight excluding hydrogens is 334 g/mol. The molecule has 1 aliphatic carbocycles. The fraction of sp³-hybridized carbons (Fsp3) is 0.125. The van der Waals surface area contributed by atoms with Crippen molar-refractivity contribution in [3.05, 3.63) is 52.4 Å². The van der Waals surface area contributed by atoms with Gasteiger partial charge >= 0.3 is 0 Å². The second-order valence-corrected chi connectivity index (χ2v) is 5.23. The van der Waals surface area contributed by atoms with Crippen molar-refractivity contribution in [2.75, 3.05) is 19.5 Å². The molecule has 0 spiro atoms. The first-order chi connectivity index (χ1) is 11.6. The second kappa shape index (κ2) is 6.29. The van der Waals surface area contributed by atoms with E-state index in [2.05, 4.69) is 15.5 Å². The van der Waals surface area contributed by atoms with Crippen molar-refractivity contribution in [2.45, 2.75) is 0 Å². The first-order valence-electron chi connectivity index (χ1n) is 6.85. The average Bonchev–Trinajstić information content (AvgIpc) is 2.63. The Morgan fingerprint density at radius 1 is 1.00 bits per heavy atom. The van der Waals surface area contributed by atoms with Crippen LogP contribution in [0.5, 0.6) is 11.5 Å². The number of fused-ring (bicyclic) bond motifs is 1. The third-order valence-electron chi connectivity index (χ3n) is 3.53. The highest BCUT2D eigenvalue weighted by Crippen LogP contribution is 2.33. The summed E-state index contributed by atoms with van der Waals surface area (Å²) < 4.78 is 10.4. The molecule has 1 aromatic carbocycles. The summed E-state index contributed by atoms with van der Waals surface area (Å²) in [6.07, 6.45) is 2.47. The van der Waals surface area contributed by atoms with E-state index in [0.717, 1.165) is 0 Å². The number of ketones is 2. The van der Waals surface area contributed by atoms with Gasteiger partial charge in [-0.15, -0.1) is 0 Å². The van der Waals surface area contributed by atoms with Crippen molar-refractivity contribution in [1.82, 2.24) is 10.2 Å². The van der Waals surface area contributed by atoms with Gasteiger partial charge in [-0.2, -0.15) is 10.2 Å². The Hall–Kier alpha value is -2.93. The van der Waals surface area contributed by atoms with Crippen molar-refractivity contribution >= 4 is 28.9 Å². The van der Waals surface area contributed by atoms with Gasteiger partial charge in [0.1, 0.15) is 22.2 Å². The minimum Gasteiger partial charge on any atom is -0.497 e. The number of benzene rings is 1. The zero-order valence-corrected chi connectivity index (χ0v) is 13.5. The summed E-state index contributed by atoms with van der Waals surface area (Å²) >= 11 is 6.09. The first-order valence-corrected chi connectivity index (χ1v) is 7.23. The highest BCUT2D eigenvalue weighted by Gasteiger charge is 2.32. The summed E-state index contributed by atoms with van der Waals surface area (Å²) in [5.74, 6) is 0.0906. The van der Waals surface area contributed by atoms with E-state index in [4.69, 9.17) is 21.1 Å². The molecule has 8 heteroatoms. The van der Waals surface area contributed by atoms with Crippen molar-refractivity contribution in [2.24, 2.45) is 0 Å². The number of hydrogen-bond acceptors (Lipinski definition) is 7. The van der Waals surface area contributed by atoms with E-state index in [0.29, 0.717) is 17.2 Å². The molecule has 1 N–H and O–H groups in total. The van der Waals surface area contributed by atoms with Crippen molar-refractivity contribution in [3.63, 3.8) is 0 Å². The Kier molecular flexibility index (Phi) is 4.18. The summed E-state index contributed by atoms with van der Waals surface area (Å²) in [5.41, 5.74) is 0.713. The van der Waals surface area contributed by atoms with Crippen LogP contribution in [0.2, 0.25) is 0 Å². The summed E-state index contributed by atoms with van der Waals surface area (Å²) in [5, 5.41) is 9.92. The highest BCUT2D eigenvalue weighted by atomic mass is 35.5. The van der Waals surface area contributed by atoms with Crippen LogP contribution in [0.4, 0.5) is 5.69 Å². The number of nitrogens with zero attached hydrogens (tertiary/aromatic N) is 2. The standard InChI is InChI=1S/C16H12ClN3O4/c1-23-8-3-4-11(12(5-8)24-2)20-14-13(17)15(21)9-6-18-19-7-10(9)16(14)22/h3-7,20H,1-2H3. The first kappa shape index (κ1) is 15.9. The molecule has 0 amide bonds. The fourth-order valence-corrected chi connectivity index (χ4v) is 2.53. The van der Waals surface area contributed by atoms with Crippen LogP contribution in [0.1, 0.15) is 20.7 Å². The largest absolute Gasteiger partial charge is 0.497 e. The maximum absolute atomic E-state index is 12.6. The van der Waals surface area contributed by atoms with Crippen LogP contribution in [0.25, 0.3) is 0 Å². The van der Waals surface area contributed by atoms with E-state index < -0.39 is 11.6 Å². The summed E-state index contributed by atoms with van der Waals surface area (Å²) in [7, 11) is 3.01. The molecule has 0 unspecified atom stereocenters. The zero-order valence-electron chi connectivity index (χ0n) is 12.8. The third-order valence-corrected chi connectivity index (χ3v) is 3.89. The lowest BCUT2D eigenvalue weighted by Crippen LogP contribution is -2.25. The van der Waals surface area contributed by atoms with Crippen molar-refractivity contribution < 1.29 is 19.1 Å². The van der Waals surface area contributed by atoms with E-state index >= 15 is 0 Å². The molecule has 0 saturated carbocycles. The van der Waals surface area contributed by atoms with Gasteiger partial charge in [0.2, 0.25) is 11.6 Å². The van der Waals surface area contributed by atoms with E-state index in [1.807, 2.05) is 0 Å². The van der Waals surface area contributed by atoms with Gasteiger partial charge in [0.25, 0.3) is 0 Å². The van der Waals surface area contributed by atoms with Crippen LogP contribution in [-0.4, -0.2) is 36.0 Å². The SMILES string of the molecule is COc1ccc(NC2=C(Cl)C(=O)c3cnncc3C2=O)c(OC)c1. The molecule has 0 atom stereocenters. The third kappa shape index (κ3) is 2.59. The van der Waals surface area contributed by atoms with E-state index in [9.17, 15) is 9.59 Å². The number of methoxy groups -OCH3 is 2. The molecule has 0 fully saturated rings. The minimum absolute atomic E-state index is 0.0365. The van der Waals surface area contributed by atoms with E-state index in [-0.39, 0.29) is 21.9 Å². The lowest BCUT2D eigenvalue weighted by atomic mass is 9.95. The van der Waals surface area contributed by atoms with Gasteiger partial charge < -0.3 is 14.8 Å². The Bertz CT molecular complexity index is 879. The average molecular weight is 346 g/mol. The van der Waals surface area contributed by atoms with Crippen molar-refractivity contribution in [3.8, 4) is 11.5 Å². The van der Waals surface area contributed by atoms with Gasteiger partial charge in [-0.1, -0.05) is 11.6 Å². The maximum Gasteiger partial charge on any atom is 0.213 e. The molecule has 7 nitrogen and oxygen atoms in total. The number of aromatic nitrogens is 2. The van der Waals surface area contributed by atoms with Gasteiger partial charge in [-0.25, -0.2) is 0 Å². The van der Waals surface area contributed by atoms with Crippen LogP contribution >= 0.6 is 11.6 Å². The molecule has 2 aromatic rings. The lowest BCUT2D eigenvalue weighted by Gasteiger charge is -2.19. The number of anilines is 1. The molecule has 1 aromatic heterocycles. The number of ether oxygens (including phenoxy) is 2. The van der Waals surface area contributed by atoms with Gasteiger partial charge in [-0.05, 0) is 12.1 Å². The smallest absolute Gasteiger partial charge is 0.213 e. The minimum atomic E-state index is -0.490. The van der Waals surface area contributed by atoms with Gasteiger partial charge in [0, 0.05) is 6.07 Å². The molecule has 0 aliphatic heterocycles. The molecule has 122 valence electrons. The normalized spacial score (nSPS) is 13.6. The number of halogens is 1. The lowest BCUT2D eigenvalue weighted by molar-refractivity contribution is 0.0981. The van der Waals surface area contributed by atoms with Crippen LogP contribution in [-0.2, 0) is 0 Å². The number of Topliss-reactive ketones (excluding diaryl/α,β-unsaturated/α-hetero) is 2. The molecule has 1 aliphatic rings. The zero-order chi connectivity index (χ0) is 17.3. The van der Waals surface area contributed by atoms with Gasteiger partial charge in [-0.3, -0.25) is 9.59 Å². The number of allylic oxidation sites excluding steroid dienone is 2. The summed E-state index contributed by atoms with van der Waals surface area (Å²) in [6.45, 7) is 0. The van der Waals surface area contributed by atoms with Crippen molar-refractivity contribution in [1.29, 1.82) is 0 Å². The molecule has 0 radical (unpaired) electrons. The second-order valence-electron chi connectivity index (χ2n) is 4.85. The van der Waals surface area contributed by atoms with Crippen LogP contribution in [0.15, 0.2) is 41.3 Å². The Balaban J connectivity index is 2.03. The molecular formula is C16H12ClN3O4. The van der Waals surface area contributed by atoms with Crippen LogP contribution < -0.4 is 14.8 Å². The van der Waals surface area contributed by atoms with Gasteiger partial charge in [0.05, 0.1) is 43.4 Å². The molecule has 24 heavy (non-hydrogen) atoms. The Morgan fingerprint density at radius 3 is 2.29 bits per heavy atom. The Morgan fingerprint density at radius 2 is 1.67 bits per heavy atom. The summed E-state index contributed by atoms with van der Waals surface area (Å²) in [4.78, 5) is 24.9. The Labute approximate surface area is 142 Å². The number of nitrogens with one attached hydrogen (secondary N) is 1. The predicted octanol–water partition coefficient (Wildman–Crippen LogP) is 2.44. The van der Waals surface area contributed by atoms with Crippen LogP contribution in [0.3, 0.4) is 0 Å². The topological polar surface area (TPSA) is 90.4 Å². The molecule has 1 heterocycles. The fourth-order valence-electron chi connectivity index (χ4n) is 2.30. The number of carbonyl (C=O) groups excluding carboxylic acids is 2.